The molecule has 0 aliphatic rings. The summed E-state index contributed by atoms with van der Waals surface area (Å²) < 4.78 is 6.46. The van der Waals surface area contributed by atoms with Gasteiger partial charge in [0.1, 0.15) is 17.5 Å². The van der Waals surface area contributed by atoms with Crippen LogP contribution in [-0.2, 0) is 11.1 Å². The number of rotatable bonds is 8. The van der Waals surface area contributed by atoms with Gasteiger partial charge in [0, 0.05) is 23.6 Å². The van der Waals surface area contributed by atoms with Crippen LogP contribution < -0.4 is 0 Å². The Morgan fingerprint density at radius 1 is 1.62 bits per heavy atom. The molecule has 2 unspecified atom stereocenters. The highest BCUT2D eigenvalue weighted by molar-refractivity contribution is 7.09. The quantitative estimate of drug-likeness (QED) is 0.376. The van der Waals surface area contributed by atoms with E-state index in [1.807, 2.05) is 0 Å². The summed E-state index contributed by atoms with van der Waals surface area (Å²) in [7, 11) is 0.746. The predicted octanol–water partition coefficient (Wildman–Crippen LogP) is 0.605. The van der Waals surface area contributed by atoms with Gasteiger partial charge in [-0.25, -0.2) is 9.97 Å². The summed E-state index contributed by atoms with van der Waals surface area (Å²) in [4.78, 5) is 8.28. The molecule has 2 heterocycles. The van der Waals surface area contributed by atoms with E-state index in [1.165, 1.54) is 25.1 Å². The molecular weight excluding hydrogens is 290 g/mol. The second kappa shape index (κ2) is 7.39. The third-order valence-electron chi connectivity index (χ3n) is 2.96. The minimum absolute atomic E-state index is 0.393. The van der Waals surface area contributed by atoms with E-state index >= 15 is 0 Å². The lowest BCUT2D eigenvalue weighted by atomic mass is 9.73. The van der Waals surface area contributed by atoms with Crippen LogP contribution in [0, 0.1) is 5.41 Å². The van der Waals surface area contributed by atoms with Crippen LogP contribution in [0.3, 0.4) is 0 Å². The van der Waals surface area contributed by atoms with E-state index in [0.717, 1.165) is 6.40 Å². The van der Waals surface area contributed by atoms with Crippen LogP contribution in [0.2, 0.25) is 12.6 Å². The van der Waals surface area contributed by atoms with Crippen molar-refractivity contribution in [2.24, 2.45) is 0 Å². The Bertz CT molecular complexity index is 564. The highest BCUT2D eigenvalue weighted by Crippen LogP contribution is 2.30. The van der Waals surface area contributed by atoms with Gasteiger partial charge in [-0.05, 0) is 13.2 Å². The van der Waals surface area contributed by atoms with Crippen LogP contribution in [0.5, 0.6) is 0 Å². The Morgan fingerprint density at radius 2 is 2.43 bits per heavy atom. The van der Waals surface area contributed by atoms with Crippen molar-refractivity contribution < 1.29 is 14.8 Å². The van der Waals surface area contributed by atoms with E-state index in [0.29, 0.717) is 17.1 Å². The van der Waals surface area contributed by atoms with Gasteiger partial charge in [0.15, 0.2) is 0 Å². The molecule has 0 spiro atoms. The van der Waals surface area contributed by atoms with Crippen LogP contribution in [0.4, 0.5) is 0 Å². The normalized spacial score (nSPS) is 13.5. The van der Waals surface area contributed by atoms with Gasteiger partial charge in [-0.15, -0.1) is 11.3 Å². The summed E-state index contributed by atoms with van der Waals surface area (Å²) in [6, 6.07) is 0. The highest BCUT2D eigenvalue weighted by Gasteiger charge is 2.27. The predicted molar refractivity (Wildman–Crippen MR) is 81.6 cm³/mol. The molecule has 3 N–H and O–H groups in total. The lowest BCUT2D eigenvalue weighted by molar-refractivity contribution is 0.163. The third-order valence-corrected chi connectivity index (χ3v) is 3.81. The monoisotopic (exact) mass is 305 g/mol. The zero-order chi connectivity index (χ0) is 15.2. The molecular formula is C11H15B2N4O3S. The molecule has 109 valence electrons. The second-order valence-corrected chi connectivity index (χ2v) is 5.44. The van der Waals surface area contributed by atoms with Crippen molar-refractivity contribution in [3.63, 3.8) is 0 Å². The minimum atomic E-state index is -0.832. The van der Waals surface area contributed by atoms with Gasteiger partial charge in [-0.1, -0.05) is 0 Å². The fourth-order valence-corrected chi connectivity index (χ4v) is 2.57. The van der Waals surface area contributed by atoms with Crippen LogP contribution in [0.25, 0.3) is 0 Å². The molecule has 10 heteroatoms. The highest BCUT2D eigenvalue weighted by atomic mass is 32.1. The van der Waals surface area contributed by atoms with E-state index < -0.39 is 19.0 Å². The van der Waals surface area contributed by atoms with Gasteiger partial charge in [0.05, 0.1) is 12.0 Å². The van der Waals surface area contributed by atoms with E-state index in [2.05, 4.69) is 9.97 Å². The van der Waals surface area contributed by atoms with Crippen LogP contribution >= 0.6 is 11.3 Å². The van der Waals surface area contributed by atoms with Gasteiger partial charge in [0.25, 0.3) is 0 Å². The molecule has 1 radical (unpaired) electrons. The van der Waals surface area contributed by atoms with Gasteiger partial charge in [-0.3, -0.25) is 5.41 Å². The summed E-state index contributed by atoms with van der Waals surface area (Å²) in [5.74, 6) is -0.393. The zero-order valence-electron chi connectivity index (χ0n) is 11.5. The lowest BCUT2D eigenvalue weighted by Crippen LogP contribution is -2.19. The minimum Gasteiger partial charge on any atom is -0.555 e. The number of thiazole rings is 1. The fraction of sp³-hybridized carbons (Fsp3) is 0.364. The van der Waals surface area contributed by atoms with Gasteiger partial charge in [-0.2, -0.15) is 0 Å². The molecule has 2 aromatic heterocycles. The molecule has 2 aromatic rings. The molecule has 0 amide bonds. The molecule has 0 aliphatic carbocycles. The van der Waals surface area contributed by atoms with Crippen molar-refractivity contribution in [1.29, 1.82) is 5.41 Å². The lowest BCUT2D eigenvalue weighted by Gasteiger charge is -2.18. The summed E-state index contributed by atoms with van der Waals surface area (Å²) in [6.45, 7) is 1.64. The number of aromatic nitrogens is 3. The Kier molecular flexibility index (Phi) is 5.54. The molecule has 0 aromatic carbocycles. The summed E-state index contributed by atoms with van der Waals surface area (Å²) in [5, 5.41) is 29.1. The summed E-state index contributed by atoms with van der Waals surface area (Å²) in [6.07, 6.45) is 5.25. The number of nitrogens with one attached hydrogen (secondary N) is 1. The van der Waals surface area contributed by atoms with Gasteiger partial charge in [0.2, 0.25) is 0 Å². The topological polar surface area (TPSA) is 104 Å². The molecule has 2 rings (SSSR count). The maximum Gasteiger partial charge on any atom is 0.414 e. The number of aliphatic hydroxyl groups is 1. The molecule has 7 nitrogen and oxygen atoms in total. The van der Waals surface area contributed by atoms with Crippen molar-refractivity contribution in [1.82, 2.24) is 14.4 Å². The van der Waals surface area contributed by atoms with Crippen molar-refractivity contribution in [2.45, 2.75) is 25.2 Å². The fourth-order valence-electron chi connectivity index (χ4n) is 1.87. The standard InChI is InChI=1S/C11H15B2N4O3S/c1-13(19)17-5-8(16-7-17)4-9(12-20-6-14)10(18)11-15-2-3-21-11/h2-3,5-7,9-10,14,18-19H,4H2,1H3. The van der Waals surface area contributed by atoms with E-state index in [4.69, 9.17) is 10.1 Å². The number of imidazole rings is 1. The average molecular weight is 305 g/mol. The summed E-state index contributed by atoms with van der Waals surface area (Å²) in [5.41, 5.74) is 0.710. The number of nitrogens with zero attached hydrogens (tertiary/aromatic N) is 3. The SMILES string of the molecule is CB(O)n1cnc(CC([B]OC=N)C(O)c2nccs2)c1. The Morgan fingerprint density at radius 3 is 3.00 bits per heavy atom. The largest absolute Gasteiger partial charge is 0.555 e. The van der Waals surface area contributed by atoms with E-state index in [9.17, 15) is 10.1 Å². The Balaban J connectivity index is 2.09. The Labute approximate surface area is 127 Å². The van der Waals surface area contributed by atoms with Crippen molar-refractivity contribution in [2.75, 3.05) is 0 Å². The number of hydrogen-bond acceptors (Lipinski definition) is 7. The van der Waals surface area contributed by atoms with E-state index in [1.54, 1.807) is 29.1 Å². The number of hydrogen-bond donors (Lipinski definition) is 3. The molecule has 0 saturated carbocycles. The smallest absolute Gasteiger partial charge is 0.414 e. The molecule has 2 atom stereocenters. The van der Waals surface area contributed by atoms with Gasteiger partial charge >= 0.3 is 14.5 Å². The zero-order valence-corrected chi connectivity index (χ0v) is 12.3. The van der Waals surface area contributed by atoms with Crippen molar-refractivity contribution in [3.05, 3.63) is 34.8 Å². The molecule has 0 fully saturated rings. The first-order valence-corrected chi connectivity index (χ1v) is 7.25. The first-order valence-electron chi connectivity index (χ1n) is 6.37. The second-order valence-electron chi connectivity index (χ2n) is 4.52. The van der Waals surface area contributed by atoms with Crippen LogP contribution in [-0.4, -0.2) is 45.5 Å². The molecule has 21 heavy (non-hydrogen) atoms. The summed E-state index contributed by atoms with van der Waals surface area (Å²) >= 11 is 1.35. The molecule has 0 aliphatic heterocycles. The van der Waals surface area contributed by atoms with Crippen LogP contribution in [0.1, 0.15) is 16.8 Å². The van der Waals surface area contributed by atoms with Gasteiger partial charge < -0.3 is 19.3 Å². The molecule has 0 bridgehead atoms. The number of aliphatic hydroxyl groups excluding tert-OH is 1. The van der Waals surface area contributed by atoms with Crippen LogP contribution in [0.15, 0.2) is 24.1 Å². The van der Waals surface area contributed by atoms with Crippen molar-refractivity contribution in [3.8, 4) is 0 Å². The molecule has 0 saturated heterocycles. The third kappa shape index (κ3) is 4.16. The maximum absolute atomic E-state index is 10.4. The first kappa shape index (κ1) is 15.7. The maximum atomic E-state index is 10.4. The van der Waals surface area contributed by atoms with E-state index in [-0.39, 0.29) is 0 Å². The Hall–Kier alpha value is -1.64. The first-order chi connectivity index (χ1) is 10.1. The van der Waals surface area contributed by atoms with Crippen molar-refractivity contribution >= 4 is 32.3 Å². The average Bonchev–Trinajstić information content (AvgIpc) is 3.13.